The number of ether oxygens (including phenoxy) is 1. The smallest absolute Gasteiger partial charge is 0.411 e. The zero-order valence-electron chi connectivity index (χ0n) is 19.2. The maximum atomic E-state index is 15.1. The van der Waals surface area contributed by atoms with Crippen molar-refractivity contribution in [2.45, 2.75) is 19.3 Å². The van der Waals surface area contributed by atoms with Gasteiger partial charge in [-0.05, 0) is 41.3 Å². The molecule has 0 fully saturated rings. The molecule has 0 aliphatic heterocycles. The van der Waals surface area contributed by atoms with Gasteiger partial charge in [0.2, 0.25) is 0 Å². The van der Waals surface area contributed by atoms with E-state index >= 15 is 4.39 Å². The van der Waals surface area contributed by atoms with Gasteiger partial charge in [-0.15, -0.1) is 0 Å². The lowest BCUT2D eigenvalue weighted by Gasteiger charge is -2.21. The molecule has 1 aliphatic carbocycles. The van der Waals surface area contributed by atoms with E-state index in [0.717, 1.165) is 22.3 Å². The van der Waals surface area contributed by atoms with Crippen molar-refractivity contribution in [3.8, 4) is 11.1 Å². The molecule has 2 amide bonds. The molecule has 0 spiro atoms. The van der Waals surface area contributed by atoms with Crippen LogP contribution >= 0.6 is 0 Å². The lowest BCUT2D eigenvalue weighted by molar-refractivity contribution is -0.137. The largest absolute Gasteiger partial charge is 0.481 e. The van der Waals surface area contributed by atoms with Gasteiger partial charge in [-0.3, -0.25) is 14.9 Å². The number of carbonyl (C=O) groups is 3. The first-order valence-corrected chi connectivity index (χ1v) is 11.3. The molecule has 0 atom stereocenters. The number of rotatable bonds is 8. The lowest BCUT2D eigenvalue weighted by atomic mass is 9.98. The highest BCUT2D eigenvalue weighted by atomic mass is 19.1. The Kier molecular flexibility index (Phi) is 7.10. The van der Waals surface area contributed by atoms with Crippen LogP contribution in [-0.2, 0) is 9.53 Å². The topological polar surface area (TPSA) is 95.9 Å². The number of halogens is 1. The standard InChI is InChI=1S/C27H25FN2O5/c1-2-30(15-14-24(31)32)26(33)21-12-7-13-23(25(21)28)29-27(34)35-16-22-19-10-5-3-8-17(19)18-9-4-6-11-20(18)22/h3-13,22H,2,14-16H2,1H3,(H,29,34)(H,31,32). The van der Waals surface area contributed by atoms with E-state index < -0.39 is 23.8 Å². The van der Waals surface area contributed by atoms with E-state index in [-0.39, 0.29) is 43.3 Å². The number of carboxylic acids is 1. The maximum absolute atomic E-state index is 15.1. The Morgan fingerprint density at radius 2 is 1.60 bits per heavy atom. The molecule has 0 heterocycles. The van der Waals surface area contributed by atoms with Crippen molar-refractivity contribution in [3.63, 3.8) is 0 Å². The molecule has 0 saturated heterocycles. The van der Waals surface area contributed by atoms with Crippen LogP contribution in [0.2, 0.25) is 0 Å². The normalized spacial score (nSPS) is 11.9. The van der Waals surface area contributed by atoms with Crippen molar-refractivity contribution in [2.24, 2.45) is 0 Å². The van der Waals surface area contributed by atoms with Crippen LogP contribution in [-0.4, -0.2) is 47.7 Å². The molecule has 0 aromatic heterocycles. The quantitative estimate of drug-likeness (QED) is 0.470. The molecule has 3 aromatic rings. The maximum Gasteiger partial charge on any atom is 0.411 e. The number of benzene rings is 3. The first kappa shape index (κ1) is 23.9. The first-order chi connectivity index (χ1) is 16.9. The monoisotopic (exact) mass is 476 g/mol. The number of hydrogen-bond acceptors (Lipinski definition) is 4. The fraction of sp³-hybridized carbons (Fsp3) is 0.222. The van der Waals surface area contributed by atoms with E-state index in [1.165, 1.54) is 23.1 Å². The van der Waals surface area contributed by atoms with Crippen LogP contribution in [0.5, 0.6) is 0 Å². The summed E-state index contributed by atoms with van der Waals surface area (Å²) >= 11 is 0. The van der Waals surface area contributed by atoms with Crippen molar-refractivity contribution in [2.75, 3.05) is 25.0 Å². The Morgan fingerprint density at radius 3 is 2.20 bits per heavy atom. The van der Waals surface area contributed by atoms with Gasteiger partial charge in [0.1, 0.15) is 6.61 Å². The minimum atomic E-state index is -1.05. The van der Waals surface area contributed by atoms with Gasteiger partial charge < -0.3 is 14.7 Å². The highest BCUT2D eigenvalue weighted by Crippen LogP contribution is 2.44. The Bertz CT molecular complexity index is 1230. The van der Waals surface area contributed by atoms with Gasteiger partial charge in [0, 0.05) is 19.0 Å². The number of hydrogen-bond donors (Lipinski definition) is 2. The first-order valence-electron chi connectivity index (χ1n) is 11.3. The van der Waals surface area contributed by atoms with Crippen molar-refractivity contribution in [3.05, 3.63) is 89.2 Å². The molecule has 0 radical (unpaired) electrons. The third-order valence-corrected chi connectivity index (χ3v) is 6.07. The Labute approximate surface area is 202 Å². The number of aliphatic carboxylic acids is 1. The third kappa shape index (κ3) is 5.01. The summed E-state index contributed by atoms with van der Waals surface area (Å²) in [6.45, 7) is 1.92. The second-order valence-electron chi connectivity index (χ2n) is 8.15. The molecular formula is C27H25FN2O5. The van der Waals surface area contributed by atoms with Crippen molar-refractivity contribution >= 4 is 23.7 Å². The zero-order chi connectivity index (χ0) is 24.9. The van der Waals surface area contributed by atoms with Crippen molar-refractivity contribution < 1.29 is 28.6 Å². The Morgan fingerprint density at radius 1 is 0.971 bits per heavy atom. The number of anilines is 1. The molecule has 4 rings (SSSR count). The second kappa shape index (κ2) is 10.4. The van der Waals surface area contributed by atoms with Crippen LogP contribution in [0.25, 0.3) is 11.1 Å². The molecule has 7 nitrogen and oxygen atoms in total. The highest BCUT2D eigenvalue weighted by molar-refractivity contribution is 5.97. The van der Waals surface area contributed by atoms with Crippen molar-refractivity contribution in [1.82, 2.24) is 4.90 Å². The fourth-order valence-electron chi connectivity index (χ4n) is 4.34. The average Bonchev–Trinajstić information content (AvgIpc) is 3.18. The Hall–Kier alpha value is -4.20. The highest BCUT2D eigenvalue weighted by Gasteiger charge is 2.29. The van der Waals surface area contributed by atoms with E-state index in [9.17, 15) is 14.4 Å². The number of nitrogens with one attached hydrogen (secondary N) is 1. The molecule has 1 aliphatic rings. The summed E-state index contributed by atoms with van der Waals surface area (Å²) in [7, 11) is 0. The van der Waals surface area contributed by atoms with Crippen LogP contribution in [0.15, 0.2) is 66.7 Å². The van der Waals surface area contributed by atoms with Gasteiger partial charge in [-0.1, -0.05) is 54.6 Å². The summed E-state index contributed by atoms with van der Waals surface area (Å²) < 4.78 is 20.5. The molecule has 180 valence electrons. The van der Waals surface area contributed by atoms with Gasteiger partial charge in [0.25, 0.3) is 5.91 Å². The van der Waals surface area contributed by atoms with E-state index in [1.807, 2.05) is 48.5 Å². The predicted octanol–water partition coefficient (Wildman–Crippen LogP) is 5.12. The second-order valence-corrected chi connectivity index (χ2v) is 8.15. The van der Waals surface area contributed by atoms with Crippen LogP contribution in [0, 0.1) is 5.82 Å². The summed E-state index contributed by atoms with van der Waals surface area (Å²) in [5, 5.41) is 11.3. The minimum absolute atomic E-state index is 0.0475. The molecule has 0 unspecified atom stereocenters. The molecule has 0 bridgehead atoms. The third-order valence-electron chi connectivity index (χ3n) is 6.07. The van der Waals surface area contributed by atoms with Gasteiger partial charge in [0.15, 0.2) is 5.82 Å². The van der Waals surface area contributed by atoms with Crippen LogP contribution in [0.1, 0.15) is 40.7 Å². The molecule has 2 N–H and O–H groups in total. The average molecular weight is 477 g/mol. The summed E-state index contributed by atoms with van der Waals surface area (Å²) in [6.07, 6.45) is -1.09. The predicted molar refractivity (Wildman–Crippen MR) is 129 cm³/mol. The van der Waals surface area contributed by atoms with Gasteiger partial charge in [-0.2, -0.15) is 0 Å². The van der Waals surface area contributed by atoms with Gasteiger partial charge in [0.05, 0.1) is 17.7 Å². The fourth-order valence-corrected chi connectivity index (χ4v) is 4.34. The molecular weight excluding hydrogens is 451 g/mol. The lowest BCUT2D eigenvalue weighted by Crippen LogP contribution is -2.33. The van der Waals surface area contributed by atoms with Crippen LogP contribution in [0.4, 0.5) is 14.9 Å². The van der Waals surface area contributed by atoms with Gasteiger partial charge in [-0.25, -0.2) is 9.18 Å². The van der Waals surface area contributed by atoms with E-state index in [4.69, 9.17) is 9.84 Å². The summed E-state index contributed by atoms with van der Waals surface area (Å²) in [4.78, 5) is 37.3. The van der Waals surface area contributed by atoms with E-state index in [0.29, 0.717) is 0 Å². The van der Waals surface area contributed by atoms with Crippen LogP contribution < -0.4 is 5.32 Å². The number of fused-ring (bicyclic) bond motifs is 3. The Balaban J connectivity index is 1.45. The van der Waals surface area contributed by atoms with Gasteiger partial charge >= 0.3 is 12.1 Å². The SMILES string of the molecule is CCN(CCC(=O)O)C(=O)c1cccc(NC(=O)OCC2c3ccccc3-c3ccccc32)c1F. The zero-order valence-corrected chi connectivity index (χ0v) is 19.2. The van der Waals surface area contributed by atoms with E-state index in [1.54, 1.807) is 6.92 Å². The molecule has 8 heteroatoms. The number of carboxylic acid groups (broad SMARTS) is 1. The summed E-state index contributed by atoms with van der Waals surface area (Å²) in [5.41, 5.74) is 3.86. The number of nitrogens with zero attached hydrogens (tertiary/aromatic N) is 1. The number of carbonyl (C=O) groups excluding carboxylic acids is 2. The molecule has 35 heavy (non-hydrogen) atoms. The van der Waals surface area contributed by atoms with Crippen molar-refractivity contribution in [1.29, 1.82) is 0 Å². The summed E-state index contributed by atoms with van der Waals surface area (Å²) in [6, 6.07) is 19.9. The molecule has 0 saturated carbocycles. The minimum Gasteiger partial charge on any atom is -0.481 e. The summed E-state index contributed by atoms with van der Waals surface area (Å²) in [5.74, 6) is -2.75. The number of amides is 2. The molecule has 3 aromatic carbocycles. The van der Waals surface area contributed by atoms with Crippen LogP contribution in [0.3, 0.4) is 0 Å². The van der Waals surface area contributed by atoms with E-state index in [2.05, 4.69) is 5.32 Å².